The molecule has 0 saturated heterocycles. The van der Waals surface area contributed by atoms with Gasteiger partial charge < -0.3 is 13.3 Å². The standard InChI is InChI=1S/C18H15BrO3Si/c19-23(20-16-10-4-1-5-11-16,21-17-12-6-2-7-13-17)22-18-14-8-3-9-15-18/h1-15H. The Morgan fingerprint density at radius 2 is 0.739 bits per heavy atom. The summed E-state index contributed by atoms with van der Waals surface area (Å²) in [7, 11) is -3.16. The predicted molar refractivity (Wildman–Crippen MR) is 95.9 cm³/mol. The molecule has 116 valence electrons. The van der Waals surface area contributed by atoms with Crippen LogP contribution in [0.4, 0.5) is 0 Å². The molecule has 0 N–H and O–H groups in total. The predicted octanol–water partition coefficient (Wildman–Crippen LogP) is 5.05. The lowest BCUT2D eigenvalue weighted by Crippen LogP contribution is -2.49. The molecule has 5 heteroatoms. The zero-order valence-electron chi connectivity index (χ0n) is 12.3. The van der Waals surface area contributed by atoms with Gasteiger partial charge in [0.1, 0.15) is 17.2 Å². The van der Waals surface area contributed by atoms with E-state index in [1.165, 1.54) is 0 Å². The van der Waals surface area contributed by atoms with Crippen LogP contribution in [0.25, 0.3) is 0 Å². The van der Waals surface area contributed by atoms with Gasteiger partial charge in [-0.2, -0.15) is 0 Å². The Labute approximate surface area is 144 Å². The first-order valence-corrected chi connectivity index (χ1v) is 11.1. The van der Waals surface area contributed by atoms with Crippen molar-refractivity contribution in [3.05, 3.63) is 91.0 Å². The molecular formula is C18H15BrO3Si. The summed E-state index contributed by atoms with van der Waals surface area (Å²) >= 11 is 3.57. The molecule has 0 aromatic heterocycles. The third-order valence-electron chi connectivity index (χ3n) is 2.95. The van der Waals surface area contributed by atoms with E-state index in [2.05, 4.69) is 15.3 Å². The quantitative estimate of drug-likeness (QED) is 0.437. The largest absolute Gasteiger partial charge is 0.780 e. The second-order valence-corrected chi connectivity index (χ2v) is 9.22. The summed E-state index contributed by atoms with van der Waals surface area (Å²) in [5.74, 6) is 2.05. The van der Waals surface area contributed by atoms with Crippen molar-refractivity contribution in [2.75, 3.05) is 0 Å². The fourth-order valence-electron chi connectivity index (χ4n) is 1.95. The third-order valence-corrected chi connectivity index (χ3v) is 5.84. The molecule has 0 heterocycles. The monoisotopic (exact) mass is 386 g/mol. The molecule has 0 aliphatic rings. The maximum absolute atomic E-state index is 6.02. The molecule has 0 radical (unpaired) electrons. The van der Waals surface area contributed by atoms with Gasteiger partial charge in [0.05, 0.1) is 0 Å². The molecule has 3 rings (SSSR count). The van der Waals surface area contributed by atoms with Crippen LogP contribution in [0.2, 0.25) is 0 Å². The van der Waals surface area contributed by atoms with Crippen molar-refractivity contribution >= 4 is 22.7 Å². The average Bonchev–Trinajstić information content (AvgIpc) is 2.57. The SMILES string of the molecule is Br[Si](Oc1ccccc1)(Oc1ccccc1)Oc1ccccc1. The average molecular weight is 387 g/mol. The van der Waals surface area contributed by atoms with Crippen LogP contribution >= 0.6 is 15.3 Å². The Hall–Kier alpha value is -2.24. The number of hydrogen-bond donors (Lipinski definition) is 0. The van der Waals surface area contributed by atoms with E-state index in [-0.39, 0.29) is 0 Å². The molecular weight excluding hydrogens is 372 g/mol. The van der Waals surface area contributed by atoms with Crippen molar-refractivity contribution in [3.63, 3.8) is 0 Å². The summed E-state index contributed by atoms with van der Waals surface area (Å²) in [6.07, 6.45) is 0. The van der Waals surface area contributed by atoms with Gasteiger partial charge in [-0.15, -0.1) is 0 Å². The van der Waals surface area contributed by atoms with Gasteiger partial charge in [0.2, 0.25) is 0 Å². The highest BCUT2D eigenvalue weighted by atomic mass is 79.9. The van der Waals surface area contributed by atoms with Crippen LogP contribution in [0.1, 0.15) is 0 Å². The van der Waals surface area contributed by atoms with Crippen molar-refractivity contribution in [2.24, 2.45) is 0 Å². The number of rotatable bonds is 6. The summed E-state index contributed by atoms with van der Waals surface area (Å²) < 4.78 is 18.1. The van der Waals surface area contributed by atoms with Crippen molar-refractivity contribution in [2.45, 2.75) is 0 Å². The van der Waals surface area contributed by atoms with E-state index in [4.69, 9.17) is 13.3 Å². The topological polar surface area (TPSA) is 27.7 Å². The van der Waals surface area contributed by atoms with Gasteiger partial charge in [0.25, 0.3) is 0 Å². The van der Waals surface area contributed by atoms with Crippen LogP contribution in [0.5, 0.6) is 17.2 Å². The number of benzene rings is 3. The Bertz CT molecular complexity index is 622. The fourth-order valence-corrected chi connectivity index (χ4v) is 5.01. The maximum Gasteiger partial charge on any atom is 0.780 e. The van der Waals surface area contributed by atoms with Gasteiger partial charge in [-0.05, 0) is 36.4 Å². The Balaban J connectivity index is 1.85. The lowest BCUT2D eigenvalue weighted by molar-refractivity contribution is 0.297. The molecule has 0 bridgehead atoms. The highest BCUT2D eigenvalue weighted by Crippen LogP contribution is 2.27. The fraction of sp³-hybridized carbons (Fsp3) is 0. The van der Waals surface area contributed by atoms with Crippen LogP contribution in [-0.4, -0.2) is 7.42 Å². The summed E-state index contributed by atoms with van der Waals surface area (Å²) in [5.41, 5.74) is 0. The maximum atomic E-state index is 6.02. The first-order valence-electron chi connectivity index (χ1n) is 7.15. The Morgan fingerprint density at radius 1 is 0.478 bits per heavy atom. The van der Waals surface area contributed by atoms with Gasteiger partial charge in [-0.3, -0.25) is 0 Å². The molecule has 0 aliphatic heterocycles. The number of halogens is 1. The van der Waals surface area contributed by atoms with Crippen LogP contribution < -0.4 is 13.3 Å². The second-order valence-electron chi connectivity index (χ2n) is 4.73. The normalized spacial score (nSPS) is 10.8. The lowest BCUT2D eigenvalue weighted by atomic mass is 10.3. The molecule has 0 spiro atoms. The highest BCUT2D eigenvalue weighted by molar-refractivity contribution is 9.25. The van der Waals surface area contributed by atoms with Gasteiger partial charge in [-0.25, -0.2) is 0 Å². The minimum absolute atomic E-state index is 0.683. The minimum Gasteiger partial charge on any atom is -0.475 e. The summed E-state index contributed by atoms with van der Waals surface area (Å²) in [4.78, 5) is 0. The molecule has 0 atom stereocenters. The van der Waals surface area contributed by atoms with Crippen LogP contribution in [-0.2, 0) is 0 Å². The Morgan fingerprint density at radius 3 is 1.00 bits per heavy atom. The number of hydrogen-bond acceptors (Lipinski definition) is 3. The van der Waals surface area contributed by atoms with Gasteiger partial charge in [0.15, 0.2) is 0 Å². The highest BCUT2D eigenvalue weighted by Gasteiger charge is 2.47. The molecule has 0 saturated carbocycles. The van der Waals surface area contributed by atoms with E-state index in [1.807, 2.05) is 91.0 Å². The lowest BCUT2D eigenvalue weighted by Gasteiger charge is -2.25. The zero-order valence-corrected chi connectivity index (χ0v) is 14.8. The molecule has 3 nitrogen and oxygen atoms in total. The van der Waals surface area contributed by atoms with E-state index in [9.17, 15) is 0 Å². The molecule has 0 unspecified atom stereocenters. The Kier molecular flexibility index (Phi) is 5.00. The molecule has 3 aromatic rings. The van der Waals surface area contributed by atoms with Gasteiger partial charge >= 0.3 is 7.42 Å². The summed E-state index contributed by atoms with van der Waals surface area (Å²) in [5, 5.41) is 0. The van der Waals surface area contributed by atoms with Gasteiger partial charge in [-0.1, -0.05) is 54.6 Å². The molecule has 0 amide bonds. The van der Waals surface area contributed by atoms with Crippen LogP contribution in [0, 0.1) is 0 Å². The van der Waals surface area contributed by atoms with Gasteiger partial charge in [0, 0.05) is 15.3 Å². The molecule has 0 fully saturated rings. The van der Waals surface area contributed by atoms with E-state index in [0.717, 1.165) is 0 Å². The second kappa shape index (κ2) is 7.35. The zero-order chi connectivity index (χ0) is 16.0. The van der Waals surface area contributed by atoms with Crippen molar-refractivity contribution < 1.29 is 13.3 Å². The third kappa shape index (κ3) is 4.61. The van der Waals surface area contributed by atoms with Crippen molar-refractivity contribution in [1.29, 1.82) is 0 Å². The summed E-state index contributed by atoms with van der Waals surface area (Å²) in [6.45, 7) is 0. The van der Waals surface area contributed by atoms with E-state index >= 15 is 0 Å². The number of para-hydroxylation sites is 3. The molecule has 3 aromatic carbocycles. The minimum atomic E-state index is -3.16. The first-order chi connectivity index (χ1) is 11.2. The van der Waals surface area contributed by atoms with Crippen molar-refractivity contribution in [3.8, 4) is 17.2 Å². The smallest absolute Gasteiger partial charge is 0.475 e. The van der Waals surface area contributed by atoms with Crippen LogP contribution in [0.3, 0.4) is 0 Å². The summed E-state index contributed by atoms with van der Waals surface area (Å²) in [6, 6.07) is 28.4. The van der Waals surface area contributed by atoms with Crippen molar-refractivity contribution in [1.82, 2.24) is 0 Å². The molecule has 0 aliphatic carbocycles. The first kappa shape index (κ1) is 15.6. The van der Waals surface area contributed by atoms with Crippen LogP contribution in [0.15, 0.2) is 91.0 Å². The van der Waals surface area contributed by atoms with E-state index in [1.54, 1.807) is 0 Å². The van der Waals surface area contributed by atoms with E-state index < -0.39 is 7.42 Å². The molecule has 23 heavy (non-hydrogen) atoms. The van der Waals surface area contributed by atoms with E-state index in [0.29, 0.717) is 17.2 Å².